The zero-order chi connectivity index (χ0) is 12.3. The average molecular weight is 224 g/mol. The molecule has 1 aromatic heterocycles. The fraction of sp³-hybridized carbons (Fsp3) is 0.750. The fourth-order valence-corrected chi connectivity index (χ4v) is 2.05. The van der Waals surface area contributed by atoms with E-state index in [0.717, 1.165) is 12.1 Å². The predicted octanol–water partition coefficient (Wildman–Crippen LogP) is 1.46. The van der Waals surface area contributed by atoms with Gasteiger partial charge < -0.3 is 5.73 Å². The van der Waals surface area contributed by atoms with Crippen molar-refractivity contribution in [3.05, 3.63) is 17.5 Å². The summed E-state index contributed by atoms with van der Waals surface area (Å²) in [7, 11) is 4.09. The Morgan fingerprint density at radius 3 is 2.56 bits per heavy atom. The highest BCUT2D eigenvalue weighted by molar-refractivity contribution is 5.20. The molecule has 16 heavy (non-hydrogen) atoms. The molecule has 0 aliphatic carbocycles. The number of nitrogens with two attached hydrogens (primary N) is 1. The molecule has 0 saturated carbocycles. The fourth-order valence-electron chi connectivity index (χ4n) is 2.05. The highest BCUT2D eigenvalue weighted by Gasteiger charge is 2.22. The minimum absolute atomic E-state index is 0.267. The molecule has 2 N–H and O–H groups in total. The molecule has 1 heterocycles. The summed E-state index contributed by atoms with van der Waals surface area (Å²) in [6, 6.07) is 0.803. The largest absolute Gasteiger partial charge is 0.329 e. The van der Waals surface area contributed by atoms with E-state index in [4.69, 9.17) is 5.73 Å². The summed E-state index contributed by atoms with van der Waals surface area (Å²) >= 11 is 0. The van der Waals surface area contributed by atoms with Crippen LogP contribution in [0.3, 0.4) is 0 Å². The van der Waals surface area contributed by atoms with Crippen LogP contribution in [0.5, 0.6) is 0 Å². The molecule has 0 fully saturated rings. The summed E-state index contributed by atoms with van der Waals surface area (Å²) in [5.74, 6) is 0. The van der Waals surface area contributed by atoms with E-state index in [9.17, 15) is 0 Å². The number of hydrogen-bond acceptors (Lipinski definition) is 3. The van der Waals surface area contributed by atoms with Crippen LogP contribution in [0.4, 0.5) is 0 Å². The number of aryl methyl sites for hydroxylation is 2. The Hall–Kier alpha value is -0.870. The van der Waals surface area contributed by atoms with Crippen LogP contribution < -0.4 is 5.73 Å². The van der Waals surface area contributed by atoms with Gasteiger partial charge in [-0.2, -0.15) is 5.10 Å². The van der Waals surface area contributed by atoms with Gasteiger partial charge >= 0.3 is 0 Å². The molecule has 0 bridgehead atoms. The topological polar surface area (TPSA) is 47.1 Å². The molecule has 0 aliphatic rings. The molecular formula is C12H24N4. The van der Waals surface area contributed by atoms with Gasteiger partial charge in [-0.25, -0.2) is 0 Å². The van der Waals surface area contributed by atoms with Gasteiger partial charge in [-0.3, -0.25) is 9.58 Å². The van der Waals surface area contributed by atoms with Crippen LogP contribution in [0.15, 0.2) is 6.20 Å². The monoisotopic (exact) mass is 224 g/mol. The second-order valence-corrected chi connectivity index (χ2v) is 4.52. The van der Waals surface area contributed by atoms with Crippen LogP contribution in [0, 0.1) is 6.92 Å². The number of likely N-dealkylation sites (N-methyl/N-ethyl adjacent to an activating group) is 1. The normalized spacial score (nSPS) is 15.4. The van der Waals surface area contributed by atoms with E-state index >= 15 is 0 Å². The molecule has 1 rings (SSSR count). The summed E-state index contributed by atoms with van der Waals surface area (Å²) in [5, 5.41) is 4.38. The molecular weight excluding hydrogens is 200 g/mol. The maximum atomic E-state index is 5.90. The van der Waals surface area contributed by atoms with E-state index in [1.54, 1.807) is 0 Å². The molecule has 0 aromatic carbocycles. The maximum absolute atomic E-state index is 5.90. The summed E-state index contributed by atoms with van der Waals surface area (Å²) < 4.78 is 1.86. The quantitative estimate of drug-likeness (QED) is 0.823. The van der Waals surface area contributed by atoms with Gasteiger partial charge in [0.2, 0.25) is 0 Å². The average Bonchev–Trinajstić information content (AvgIpc) is 2.58. The van der Waals surface area contributed by atoms with Gasteiger partial charge in [0, 0.05) is 31.4 Å². The second kappa shape index (κ2) is 5.46. The Morgan fingerprint density at radius 2 is 2.19 bits per heavy atom. The molecule has 0 amide bonds. The highest BCUT2D eigenvalue weighted by Crippen LogP contribution is 2.23. The van der Waals surface area contributed by atoms with Crippen LogP contribution in [0.2, 0.25) is 0 Å². The first-order valence-electron chi connectivity index (χ1n) is 5.93. The molecule has 2 unspecified atom stereocenters. The highest BCUT2D eigenvalue weighted by atomic mass is 15.3. The summed E-state index contributed by atoms with van der Waals surface area (Å²) in [6.45, 7) is 7.11. The summed E-state index contributed by atoms with van der Waals surface area (Å²) in [6.07, 6.45) is 3.21. The third-order valence-corrected chi connectivity index (χ3v) is 3.41. The van der Waals surface area contributed by atoms with Gasteiger partial charge in [0.05, 0.1) is 11.7 Å². The van der Waals surface area contributed by atoms with E-state index in [0.29, 0.717) is 12.6 Å². The van der Waals surface area contributed by atoms with E-state index in [1.807, 2.05) is 18.7 Å². The Morgan fingerprint density at radius 1 is 1.56 bits per heavy atom. The van der Waals surface area contributed by atoms with Crippen molar-refractivity contribution in [1.82, 2.24) is 14.7 Å². The Balaban J connectivity index is 2.93. The second-order valence-electron chi connectivity index (χ2n) is 4.52. The van der Waals surface area contributed by atoms with Crippen molar-refractivity contribution in [2.75, 3.05) is 13.6 Å². The first-order chi connectivity index (χ1) is 7.51. The zero-order valence-corrected chi connectivity index (χ0v) is 11.1. The standard InChI is InChI=1S/C12H24N4/c1-6-9(2)16(5)12(7-13)11-8-15(4)14-10(11)3/h8-9,12H,6-7,13H2,1-5H3. The third kappa shape index (κ3) is 2.62. The molecule has 92 valence electrons. The van der Waals surface area contributed by atoms with Crippen LogP contribution in [-0.2, 0) is 7.05 Å². The molecule has 1 aromatic rings. The molecule has 0 saturated heterocycles. The first kappa shape index (κ1) is 13.2. The number of nitrogens with zero attached hydrogens (tertiary/aromatic N) is 3. The van der Waals surface area contributed by atoms with Crippen molar-refractivity contribution >= 4 is 0 Å². The van der Waals surface area contributed by atoms with Crippen LogP contribution in [-0.4, -0.2) is 34.3 Å². The van der Waals surface area contributed by atoms with Crippen molar-refractivity contribution in [3.63, 3.8) is 0 Å². The molecule has 4 heteroatoms. The van der Waals surface area contributed by atoms with E-state index in [-0.39, 0.29) is 6.04 Å². The minimum atomic E-state index is 0.267. The van der Waals surface area contributed by atoms with Gasteiger partial charge in [-0.15, -0.1) is 0 Å². The predicted molar refractivity (Wildman–Crippen MR) is 67.3 cm³/mol. The van der Waals surface area contributed by atoms with Crippen molar-refractivity contribution in [1.29, 1.82) is 0 Å². The van der Waals surface area contributed by atoms with Crippen molar-refractivity contribution in [3.8, 4) is 0 Å². The number of rotatable bonds is 5. The van der Waals surface area contributed by atoms with E-state index in [1.165, 1.54) is 5.56 Å². The van der Waals surface area contributed by atoms with Crippen molar-refractivity contribution in [2.45, 2.75) is 39.3 Å². The lowest BCUT2D eigenvalue weighted by Gasteiger charge is -2.31. The van der Waals surface area contributed by atoms with Gasteiger partial charge in [0.15, 0.2) is 0 Å². The minimum Gasteiger partial charge on any atom is -0.329 e. The summed E-state index contributed by atoms with van der Waals surface area (Å²) in [5.41, 5.74) is 8.22. The van der Waals surface area contributed by atoms with Gasteiger partial charge in [-0.05, 0) is 27.3 Å². The molecule has 0 radical (unpaired) electrons. The molecule has 4 nitrogen and oxygen atoms in total. The van der Waals surface area contributed by atoms with Gasteiger partial charge in [-0.1, -0.05) is 6.92 Å². The number of hydrogen-bond donors (Lipinski definition) is 1. The molecule has 0 spiro atoms. The SMILES string of the molecule is CCC(C)N(C)C(CN)c1cn(C)nc1C. The number of aromatic nitrogens is 2. The Kier molecular flexibility index (Phi) is 4.50. The van der Waals surface area contributed by atoms with E-state index in [2.05, 4.69) is 37.1 Å². The van der Waals surface area contributed by atoms with Crippen molar-refractivity contribution < 1.29 is 0 Å². The first-order valence-corrected chi connectivity index (χ1v) is 5.93. The third-order valence-electron chi connectivity index (χ3n) is 3.41. The van der Waals surface area contributed by atoms with Crippen LogP contribution >= 0.6 is 0 Å². The maximum Gasteiger partial charge on any atom is 0.0641 e. The van der Waals surface area contributed by atoms with Gasteiger partial charge in [0.25, 0.3) is 0 Å². The smallest absolute Gasteiger partial charge is 0.0641 e. The molecule has 0 aliphatic heterocycles. The van der Waals surface area contributed by atoms with Gasteiger partial charge in [0.1, 0.15) is 0 Å². The van der Waals surface area contributed by atoms with Crippen LogP contribution in [0.1, 0.15) is 37.6 Å². The summed E-state index contributed by atoms with van der Waals surface area (Å²) in [4.78, 5) is 2.34. The molecule has 2 atom stereocenters. The Labute approximate surface area is 98.4 Å². The lowest BCUT2D eigenvalue weighted by Crippen LogP contribution is -2.36. The van der Waals surface area contributed by atoms with E-state index < -0.39 is 0 Å². The Bertz CT molecular complexity index is 332. The zero-order valence-electron chi connectivity index (χ0n) is 11.1. The lowest BCUT2D eigenvalue weighted by atomic mass is 10.0. The van der Waals surface area contributed by atoms with Crippen LogP contribution in [0.25, 0.3) is 0 Å². The lowest BCUT2D eigenvalue weighted by molar-refractivity contribution is 0.184. The van der Waals surface area contributed by atoms with Crippen molar-refractivity contribution in [2.24, 2.45) is 12.8 Å².